The van der Waals surface area contributed by atoms with Gasteiger partial charge in [0.25, 0.3) is 5.69 Å². The minimum atomic E-state index is -0.691. The van der Waals surface area contributed by atoms with Crippen LogP contribution in [0, 0.1) is 10.1 Å². The second-order valence-electron chi connectivity index (χ2n) is 5.21. The molecule has 0 saturated heterocycles. The number of aliphatic hydroxyl groups is 1. The first-order valence-corrected chi connectivity index (χ1v) is 6.89. The predicted octanol–water partition coefficient (Wildman–Crippen LogP) is 2.14. The van der Waals surface area contributed by atoms with Crippen molar-refractivity contribution in [2.24, 2.45) is 0 Å². The minimum absolute atomic E-state index is 0.0123. The van der Waals surface area contributed by atoms with Crippen LogP contribution in [0.2, 0.25) is 0 Å². The lowest BCUT2D eigenvalue weighted by molar-refractivity contribution is -0.384. The third kappa shape index (κ3) is 3.57. The van der Waals surface area contributed by atoms with Crippen molar-refractivity contribution in [2.45, 2.75) is 38.2 Å². The summed E-state index contributed by atoms with van der Waals surface area (Å²) >= 11 is 0. The van der Waals surface area contributed by atoms with E-state index in [4.69, 9.17) is 0 Å². The van der Waals surface area contributed by atoms with Gasteiger partial charge in [0, 0.05) is 13.1 Å². The van der Waals surface area contributed by atoms with E-state index in [1.165, 1.54) is 12.1 Å². The quantitative estimate of drug-likeness (QED) is 0.522. The Morgan fingerprint density at radius 2 is 2.05 bits per heavy atom. The van der Waals surface area contributed by atoms with Crippen LogP contribution in [-0.4, -0.2) is 33.7 Å². The highest BCUT2D eigenvalue weighted by molar-refractivity contribution is 5.54. The van der Waals surface area contributed by atoms with Gasteiger partial charge in [0.1, 0.15) is 11.6 Å². The molecule has 7 nitrogen and oxygen atoms in total. The second kappa shape index (κ2) is 6.04. The Labute approximate surface area is 117 Å². The Morgan fingerprint density at radius 3 is 2.55 bits per heavy atom. The van der Waals surface area contributed by atoms with Gasteiger partial charge in [-0.2, -0.15) is 0 Å². The Kier molecular flexibility index (Phi) is 4.39. The SMILES string of the molecule is CCCNc1cc([N+](=O)[O-])cc(NCC2(O)CCC2)n1. The highest BCUT2D eigenvalue weighted by atomic mass is 16.6. The number of nitro groups is 1. The van der Waals surface area contributed by atoms with E-state index in [9.17, 15) is 15.2 Å². The first-order chi connectivity index (χ1) is 9.52. The molecular weight excluding hydrogens is 260 g/mol. The van der Waals surface area contributed by atoms with E-state index in [-0.39, 0.29) is 5.69 Å². The number of hydrogen-bond acceptors (Lipinski definition) is 6. The van der Waals surface area contributed by atoms with E-state index in [1.807, 2.05) is 6.92 Å². The summed E-state index contributed by atoms with van der Waals surface area (Å²) in [5, 5.41) is 27.0. The molecular formula is C13H20N4O3. The standard InChI is InChI=1S/C13H20N4O3/c1-2-6-14-11-7-10(17(19)20)8-12(16-11)15-9-13(18)4-3-5-13/h7-8,18H,2-6,9H2,1H3,(H2,14,15,16). The topological polar surface area (TPSA) is 100 Å². The summed E-state index contributed by atoms with van der Waals surface area (Å²) in [6, 6.07) is 2.80. The van der Waals surface area contributed by atoms with Gasteiger partial charge in [-0.05, 0) is 25.7 Å². The van der Waals surface area contributed by atoms with Gasteiger partial charge in [-0.25, -0.2) is 4.98 Å². The molecule has 0 unspecified atom stereocenters. The highest BCUT2D eigenvalue weighted by Gasteiger charge is 2.34. The van der Waals surface area contributed by atoms with E-state index in [0.717, 1.165) is 25.7 Å². The summed E-state index contributed by atoms with van der Waals surface area (Å²) in [6.45, 7) is 3.08. The molecule has 0 amide bonds. The highest BCUT2D eigenvalue weighted by Crippen LogP contribution is 2.32. The van der Waals surface area contributed by atoms with Crippen molar-refractivity contribution < 1.29 is 10.0 Å². The second-order valence-corrected chi connectivity index (χ2v) is 5.21. The van der Waals surface area contributed by atoms with Crippen molar-refractivity contribution in [1.29, 1.82) is 0 Å². The number of nitrogens with zero attached hydrogens (tertiary/aromatic N) is 2. The summed E-state index contributed by atoms with van der Waals surface area (Å²) in [6.07, 6.45) is 3.45. The fourth-order valence-electron chi connectivity index (χ4n) is 2.07. The van der Waals surface area contributed by atoms with Crippen LogP contribution in [-0.2, 0) is 0 Å². The van der Waals surface area contributed by atoms with E-state index in [1.54, 1.807) is 0 Å². The maximum Gasteiger partial charge on any atom is 0.276 e. The van der Waals surface area contributed by atoms with Crippen molar-refractivity contribution >= 4 is 17.3 Å². The Bertz CT molecular complexity index is 489. The molecule has 7 heteroatoms. The van der Waals surface area contributed by atoms with Crippen molar-refractivity contribution in [3.05, 3.63) is 22.2 Å². The molecule has 0 atom stereocenters. The predicted molar refractivity (Wildman–Crippen MR) is 77.0 cm³/mol. The minimum Gasteiger partial charge on any atom is -0.388 e. The summed E-state index contributed by atoms with van der Waals surface area (Å²) in [5.41, 5.74) is -0.703. The summed E-state index contributed by atoms with van der Waals surface area (Å²) in [4.78, 5) is 14.8. The van der Waals surface area contributed by atoms with Crippen molar-refractivity contribution in [3.8, 4) is 0 Å². The maximum atomic E-state index is 10.9. The molecule has 110 valence electrons. The van der Waals surface area contributed by atoms with E-state index < -0.39 is 10.5 Å². The molecule has 3 N–H and O–H groups in total. The van der Waals surface area contributed by atoms with Gasteiger partial charge < -0.3 is 15.7 Å². The summed E-state index contributed by atoms with van der Waals surface area (Å²) in [7, 11) is 0. The van der Waals surface area contributed by atoms with E-state index >= 15 is 0 Å². The first-order valence-electron chi connectivity index (χ1n) is 6.89. The van der Waals surface area contributed by atoms with E-state index in [2.05, 4.69) is 15.6 Å². The number of rotatable bonds is 7. The van der Waals surface area contributed by atoms with Crippen molar-refractivity contribution in [3.63, 3.8) is 0 Å². The zero-order valence-corrected chi connectivity index (χ0v) is 11.6. The lowest BCUT2D eigenvalue weighted by Gasteiger charge is -2.36. The van der Waals surface area contributed by atoms with Gasteiger partial charge in [0.15, 0.2) is 0 Å². The van der Waals surface area contributed by atoms with Crippen molar-refractivity contribution in [2.75, 3.05) is 23.7 Å². The van der Waals surface area contributed by atoms with Crippen LogP contribution >= 0.6 is 0 Å². The smallest absolute Gasteiger partial charge is 0.276 e. The molecule has 20 heavy (non-hydrogen) atoms. The van der Waals surface area contributed by atoms with Crippen LogP contribution in [0.1, 0.15) is 32.6 Å². The zero-order valence-electron chi connectivity index (χ0n) is 11.6. The largest absolute Gasteiger partial charge is 0.388 e. The van der Waals surface area contributed by atoms with Gasteiger partial charge in [-0.1, -0.05) is 6.92 Å². The summed E-state index contributed by atoms with van der Waals surface area (Å²) < 4.78 is 0. The molecule has 0 aromatic carbocycles. The fourth-order valence-corrected chi connectivity index (χ4v) is 2.07. The lowest BCUT2D eigenvalue weighted by Crippen LogP contribution is -2.43. The van der Waals surface area contributed by atoms with Crippen LogP contribution in [0.3, 0.4) is 0 Å². The van der Waals surface area contributed by atoms with Crippen LogP contribution < -0.4 is 10.6 Å². The number of pyridine rings is 1. The molecule has 1 fully saturated rings. The Morgan fingerprint density at radius 1 is 1.40 bits per heavy atom. The normalized spacial score (nSPS) is 16.3. The number of nitrogens with one attached hydrogen (secondary N) is 2. The monoisotopic (exact) mass is 280 g/mol. The average Bonchev–Trinajstić information content (AvgIpc) is 2.40. The van der Waals surface area contributed by atoms with Gasteiger partial charge in [0.05, 0.1) is 22.7 Å². The molecule has 1 aliphatic carbocycles. The third-order valence-electron chi connectivity index (χ3n) is 3.46. The van der Waals surface area contributed by atoms with Gasteiger partial charge in [-0.15, -0.1) is 0 Å². The van der Waals surface area contributed by atoms with Gasteiger partial charge in [-0.3, -0.25) is 10.1 Å². The van der Waals surface area contributed by atoms with E-state index in [0.29, 0.717) is 24.7 Å². The average molecular weight is 280 g/mol. The van der Waals surface area contributed by atoms with Crippen LogP contribution in [0.4, 0.5) is 17.3 Å². The molecule has 0 aliphatic heterocycles. The molecule has 2 rings (SSSR count). The molecule has 1 aromatic heterocycles. The Hall–Kier alpha value is -1.89. The van der Waals surface area contributed by atoms with Gasteiger partial charge >= 0.3 is 0 Å². The van der Waals surface area contributed by atoms with Crippen LogP contribution in [0.15, 0.2) is 12.1 Å². The van der Waals surface area contributed by atoms with Crippen LogP contribution in [0.25, 0.3) is 0 Å². The molecule has 1 heterocycles. The lowest BCUT2D eigenvalue weighted by atomic mass is 9.80. The molecule has 1 aromatic rings. The fraction of sp³-hybridized carbons (Fsp3) is 0.615. The summed E-state index contributed by atoms with van der Waals surface area (Å²) in [5.74, 6) is 0.891. The first kappa shape index (κ1) is 14.5. The van der Waals surface area contributed by atoms with Crippen LogP contribution in [0.5, 0.6) is 0 Å². The molecule has 1 aliphatic rings. The van der Waals surface area contributed by atoms with Gasteiger partial charge in [0.2, 0.25) is 0 Å². The number of anilines is 2. The molecule has 0 bridgehead atoms. The molecule has 0 spiro atoms. The Balaban J connectivity index is 2.09. The van der Waals surface area contributed by atoms with Crippen molar-refractivity contribution in [1.82, 2.24) is 4.98 Å². The number of aromatic nitrogens is 1. The maximum absolute atomic E-state index is 10.9. The molecule has 1 saturated carbocycles. The number of hydrogen-bond donors (Lipinski definition) is 3. The molecule has 0 radical (unpaired) electrons. The zero-order chi connectivity index (χ0) is 14.6. The third-order valence-corrected chi connectivity index (χ3v) is 3.46.